The van der Waals surface area contributed by atoms with Crippen LogP contribution in [0.5, 0.6) is 0 Å². The van der Waals surface area contributed by atoms with Crippen LogP contribution in [0, 0.1) is 6.92 Å². The smallest absolute Gasteiger partial charge is 0.315 e. The van der Waals surface area contributed by atoms with E-state index in [-0.39, 0.29) is 12.1 Å². The number of carbonyl (C=O) groups is 1. The van der Waals surface area contributed by atoms with Crippen molar-refractivity contribution in [3.8, 4) is 0 Å². The van der Waals surface area contributed by atoms with Gasteiger partial charge in [-0.05, 0) is 31.5 Å². The first-order valence-electron chi connectivity index (χ1n) is 6.50. The Balaban J connectivity index is 1.73. The first-order chi connectivity index (χ1) is 9.65. The SMILES string of the molecule is Cc1nc(CCNC(=O)NC(C)c2ccncc2)cs1. The van der Waals surface area contributed by atoms with Crippen LogP contribution in [-0.4, -0.2) is 22.5 Å². The van der Waals surface area contributed by atoms with Crippen molar-refractivity contribution in [3.63, 3.8) is 0 Å². The third kappa shape index (κ3) is 4.31. The summed E-state index contributed by atoms with van der Waals surface area (Å²) in [5.74, 6) is 0. The Bertz CT molecular complexity index is 555. The van der Waals surface area contributed by atoms with Crippen LogP contribution in [0.15, 0.2) is 29.9 Å². The number of aromatic nitrogens is 2. The van der Waals surface area contributed by atoms with E-state index in [1.54, 1.807) is 23.7 Å². The summed E-state index contributed by atoms with van der Waals surface area (Å²) in [4.78, 5) is 20.1. The highest BCUT2D eigenvalue weighted by Crippen LogP contribution is 2.10. The lowest BCUT2D eigenvalue weighted by atomic mass is 10.1. The number of nitrogens with zero attached hydrogens (tertiary/aromatic N) is 2. The van der Waals surface area contributed by atoms with Crippen molar-refractivity contribution < 1.29 is 4.79 Å². The van der Waals surface area contributed by atoms with E-state index in [0.717, 1.165) is 22.7 Å². The van der Waals surface area contributed by atoms with E-state index in [2.05, 4.69) is 20.6 Å². The van der Waals surface area contributed by atoms with Gasteiger partial charge in [0.25, 0.3) is 0 Å². The van der Waals surface area contributed by atoms with Crippen LogP contribution in [0.25, 0.3) is 0 Å². The second kappa shape index (κ2) is 7.00. The molecule has 0 saturated heterocycles. The zero-order valence-electron chi connectivity index (χ0n) is 11.6. The second-order valence-electron chi connectivity index (χ2n) is 4.51. The molecule has 0 aromatic carbocycles. The van der Waals surface area contributed by atoms with E-state index in [9.17, 15) is 4.79 Å². The number of amides is 2. The van der Waals surface area contributed by atoms with Crippen LogP contribution >= 0.6 is 11.3 Å². The maximum atomic E-state index is 11.8. The topological polar surface area (TPSA) is 66.9 Å². The number of hydrogen-bond donors (Lipinski definition) is 2. The van der Waals surface area contributed by atoms with Crippen LogP contribution in [-0.2, 0) is 6.42 Å². The van der Waals surface area contributed by atoms with Gasteiger partial charge in [-0.3, -0.25) is 4.98 Å². The Labute approximate surface area is 122 Å². The van der Waals surface area contributed by atoms with Gasteiger partial charge in [0.15, 0.2) is 0 Å². The highest BCUT2D eigenvalue weighted by atomic mass is 32.1. The van der Waals surface area contributed by atoms with Gasteiger partial charge in [-0.2, -0.15) is 0 Å². The summed E-state index contributed by atoms with van der Waals surface area (Å²) in [5, 5.41) is 8.81. The molecule has 2 rings (SSSR count). The van der Waals surface area contributed by atoms with Crippen LogP contribution in [0.4, 0.5) is 4.79 Å². The van der Waals surface area contributed by atoms with Crippen molar-refractivity contribution in [2.24, 2.45) is 0 Å². The van der Waals surface area contributed by atoms with E-state index < -0.39 is 0 Å². The molecule has 0 saturated carbocycles. The number of nitrogens with one attached hydrogen (secondary N) is 2. The molecule has 0 aliphatic carbocycles. The summed E-state index contributed by atoms with van der Waals surface area (Å²) in [6.45, 7) is 4.50. The number of aryl methyl sites for hydroxylation is 1. The Kier molecular flexibility index (Phi) is 5.06. The molecule has 1 atom stereocenters. The molecular weight excluding hydrogens is 272 g/mol. The van der Waals surface area contributed by atoms with Crippen LogP contribution in [0.1, 0.15) is 29.2 Å². The van der Waals surface area contributed by atoms with E-state index >= 15 is 0 Å². The van der Waals surface area contributed by atoms with Gasteiger partial charge < -0.3 is 10.6 Å². The highest BCUT2D eigenvalue weighted by Gasteiger charge is 2.08. The predicted molar refractivity (Wildman–Crippen MR) is 79.7 cm³/mol. The van der Waals surface area contributed by atoms with Gasteiger partial charge >= 0.3 is 6.03 Å². The van der Waals surface area contributed by atoms with Crippen LogP contribution < -0.4 is 10.6 Å². The molecule has 0 aliphatic heterocycles. The Hall–Kier alpha value is -1.95. The van der Waals surface area contributed by atoms with Crippen molar-refractivity contribution >= 4 is 17.4 Å². The fourth-order valence-electron chi connectivity index (χ4n) is 1.81. The van der Waals surface area contributed by atoms with Gasteiger partial charge in [-0.25, -0.2) is 9.78 Å². The number of thiazole rings is 1. The molecule has 2 N–H and O–H groups in total. The van der Waals surface area contributed by atoms with Crippen molar-refractivity contribution in [1.29, 1.82) is 0 Å². The molecule has 1 unspecified atom stereocenters. The van der Waals surface area contributed by atoms with Gasteiger partial charge in [0.1, 0.15) is 0 Å². The molecule has 0 aliphatic rings. The Morgan fingerprint density at radius 1 is 1.40 bits per heavy atom. The molecule has 0 spiro atoms. The monoisotopic (exact) mass is 290 g/mol. The molecule has 0 radical (unpaired) electrons. The molecule has 2 aromatic heterocycles. The third-order valence-electron chi connectivity index (χ3n) is 2.89. The van der Waals surface area contributed by atoms with Crippen molar-refractivity contribution in [3.05, 3.63) is 46.2 Å². The quantitative estimate of drug-likeness (QED) is 0.889. The molecule has 20 heavy (non-hydrogen) atoms. The van der Waals surface area contributed by atoms with Gasteiger partial charge in [0, 0.05) is 30.7 Å². The highest BCUT2D eigenvalue weighted by molar-refractivity contribution is 7.09. The minimum absolute atomic E-state index is 0.0421. The molecular formula is C14H18N4OS. The molecule has 0 fully saturated rings. The van der Waals surface area contributed by atoms with E-state index in [4.69, 9.17) is 0 Å². The lowest BCUT2D eigenvalue weighted by Gasteiger charge is -2.14. The molecule has 6 heteroatoms. The summed E-state index contributed by atoms with van der Waals surface area (Å²) < 4.78 is 0. The maximum absolute atomic E-state index is 11.8. The summed E-state index contributed by atoms with van der Waals surface area (Å²) in [7, 11) is 0. The van der Waals surface area contributed by atoms with Crippen LogP contribution in [0.2, 0.25) is 0 Å². The van der Waals surface area contributed by atoms with E-state index in [1.807, 2.05) is 31.4 Å². The summed E-state index contributed by atoms with van der Waals surface area (Å²) in [5.41, 5.74) is 2.06. The van der Waals surface area contributed by atoms with Crippen molar-refractivity contribution in [2.45, 2.75) is 26.3 Å². The minimum atomic E-state index is -0.165. The number of urea groups is 1. The molecule has 2 amide bonds. The number of carbonyl (C=O) groups excluding carboxylic acids is 1. The average Bonchev–Trinajstić information content (AvgIpc) is 2.85. The zero-order valence-corrected chi connectivity index (χ0v) is 12.4. The average molecular weight is 290 g/mol. The normalized spacial score (nSPS) is 11.9. The van der Waals surface area contributed by atoms with Gasteiger partial charge in [0.2, 0.25) is 0 Å². The van der Waals surface area contributed by atoms with E-state index in [0.29, 0.717) is 6.54 Å². The second-order valence-corrected chi connectivity index (χ2v) is 5.57. The molecule has 5 nitrogen and oxygen atoms in total. The van der Waals surface area contributed by atoms with Gasteiger partial charge in [-0.15, -0.1) is 11.3 Å². The van der Waals surface area contributed by atoms with E-state index in [1.165, 1.54) is 0 Å². The van der Waals surface area contributed by atoms with Crippen LogP contribution in [0.3, 0.4) is 0 Å². The fraction of sp³-hybridized carbons (Fsp3) is 0.357. The van der Waals surface area contributed by atoms with Gasteiger partial charge in [-0.1, -0.05) is 0 Å². The zero-order chi connectivity index (χ0) is 14.4. The van der Waals surface area contributed by atoms with Crippen molar-refractivity contribution in [1.82, 2.24) is 20.6 Å². The number of rotatable bonds is 5. The lowest BCUT2D eigenvalue weighted by Crippen LogP contribution is -2.38. The number of hydrogen-bond acceptors (Lipinski definition) is 4. The summed E-state index contributed by atoms with van der Waals surface area (Å²) >= 11 is 1.63. The molecule has 2 aromatic rings. The minimum Gasteiger partial charge on any atom is -0.338 e. The summed E-state index contributed by atoms with van der Waals surface area (Å²) in [6, 6.07) is 3.58. The molecule has 106 valence electrons. The summed E-state index contributed by atoms with van der Waals surface area (Å²) in [6.07, 6.45) is 4.19. The first kappa shape index (κ1) is 14.5. The first-order valence-corrected chi connectivity index (χ1v) is 7.38. The standard InChI is InChI=1S/C14H18N4OS/c1-10(12-3-6-15-7-4-12)17-14(19)16-8-5-13-9-20-11(2)18-13/h3-4,6-7,9-10H,5,8H2,1-2H3,(H2,16,17,19). The Morgan fingerprint density at radius 2 is 2.15 bits per heavy atom. The molecule has 0 bridgehead atoms. The number of pyridine rings is 1. The fourth-order valence-corrected chi connectivity index (χ4v) is 2.46. The van der Waals surface area contributed by atoms with Crippen molar-refractivity contribution in [2.75, 3.05) is 6.54 Å². The molecule has 2 heterocycles. The largest absolute Gasteiger partial charge is 0.338 e. The predicted octanol–water partition coefficient (Wildman–Crippen LogP) is 2.45. The van der Waals surface area contributed by atoms with Gasteiger partial charge in [0.05, 0.1) is 16.7 Å². The Morgan fingerprint density at radius 3 is 2.80 bits per heavy atom. The maximum Gasteiger partial charge on any atom is 0.315 e. The third-order valence-corrected chi connectivity index (χ3v) is 3.71. The lowest BCUT2D eigenvalue weighted by molar-refractivity contribution is 0.238.